The van der Waals surface area contributed by atoms with Gasteiger partial charge in [0.15, 0.2) is 11.5 Å². The summed E-state index contributed by atoms with van der Waals surface area (Å²) < 4.78 is 2.07. The predicted octanol–water partition coefficient (Wildman–Crippen LogP) is 5.11. The molecule has 1 aliphatic rings. The second-order valence-electron chi connectivity index (χ2n) is 7.22. The van der Waals surface area contributed by atoms with E-state index in [0.29, 0.717) is 5.82 Å². The van der Waals surface area contributed by atoms with E-state index in [1.807, 2.05) is 24.3 Å². The Balaban J connectivity index is 1.79. The van der Waals surface area contributed by atoms with Gasteiger partial charge in [-0.15, -0.1) is 0 Å². The van der Waals surface area contributed by atoms with E-state index in [1.165, 1.54) is 5.56 Å². The van der Waals surface area contributed by atoms with E-state index in [2.05, 4.69) is 59.0 Å². The molecule has 5 heteroatoms. The lowest BCUT2D eigenvalue weighted by Crippen LogP contribution is -2.02. The van der Waals surface area contributed by atoms with E-state index >= 15 is 0 Å². The van der Waals surface area contributed by atoms with Crippen LogP contribution < -0.4 is 5.73 Å². The van der Waals surface area contributed by atoms with Gasteiger partial charge in [-0.1, -0.05) is 35.9 Å². The van der Waals surface area contributed by atoms with Crippen LogP contribution in [0.15, 0.2) is 73.0 Å². The average Bonchev–Trinajstić information content (AvgIpc) is 3.14. The molecule has 4 aromatic rings. The SMILES string of the molecule is Cc1ccc(-n2c(-c3cccnc3N)nc3ccc(C4=CCCC=C4)nc32)cc1. The molecule has 0 amide bonds. The van der Waals surface area contributed by atoms with Gasteiger partial charge >= 0.3 is 0 Å². The summed E-state index contributed by atoms with van der Waals surface area (Å²) in [5.74, 6) is 1.20. The molecule has 2 N–H and O–H groups in total. The largest absolute Gasteiger partial charge is 0.383 e. The Morgan fingerprint density at radius 3 is 2.59 bits per heavy atom. The third kappa shape index (κ3) is 3.10. The van der Waals surface area contributed by atoms with Crippen molar-refractivity contribution < 1.29 is 0 Å². The lowest BCUT2D eigenvalue weighted by molar-refractivity contribution is 1.03. The predicted molar refractivity (Wildman–Crippen MR) is 118 cm³/mol. The second-order valence-corrected chi connectivity index (χ2v) is 7.22. The van der Waals surface area contributed by atoms with Crippen LogP contribution in [0.25, 0.3) is 33.8 Å². The van der Waals surface area contributed by atoms with Crippen LogP contribution in [0.2, 0.25) is 0 Å². The van der Waals surface area contributed by atoms with Crippen molar-refractivity contribution in [3.05, 3.63) is 84.2 Å². The molecule has 0 unspecified atom stereocenters. The first kappa shape index (κ1) is 17.4. The van der Waals surface area contributed by atoms with E-state index < -0.39 is 0 Å². The summed E-state index contributed by atoms with van der Waals surface area (Å²) in [6.07, 6.45) is 10.4. The van der Waals surface area contributed by atoms with Crippen molar-refractivity contribution in [2.24, 2.45) is 0 Å². The number of hydrogen-bond acceptors (Lipinski definition) is 4. The number of aromatic nitrogens is 4. The number of benzene rings is 1. The Morgan fingerprint density at radius 1 is 0.966 bits per heavy atom. The van der Waals surface area contributed by atoms with E-state index in [1.54, 1.807) is 6.20 Å². The van der Waals surface area contributed by atoms with E-state index in [9.17, 15) is 0 Å². The quantitative estimate of drug-likeness (QED) is 0.537. The molecule has 5 nitrogen and oxygen atoms in total. The summed E-state index contributed by atoms with van der Waals surface area (Å²) in [6.45, 7) is 2.08. The Morgan fingerprint density at radius 2 is 1.83 bits per heavy atom. The van der Waals surface area contributed by atoms with Gasteiger partial charge in [-0.25, -0.2) is 15.0 Å². The zero-order chi connectivity index (χ0) is 19.8. The maximum Gasteiger partial charge on any atom is 0.165 e. The number of rotatable bonds is 3. The lowest BCUT2D eigenvalue weighted by Gasteiger charge is -2.11. The number of allylic oxidation sites excluding steroid dienone is 4. The maximum atomic E-state index is 6.19. The van der Waals surface area contributed by atoms with E-state index in [0.717, 1.165) is 52.3 Å². The highest BCUT2D eigenvalue weighted by molar-refractivity contribution is 5.85. The van der Waals surface area contributed by atoms with Crippen molar-refractivity contribution in [1.29, 1.82) is 0 Å². The number of imidazole rings is 1. The number of fused-ring (bicyclic) bond motifs is 1. The number of pyridine rings is 2. The van der Waals surface area contributed by atoms with Crippen molar-refractivity contribution in [2.75, 3.05) is 5.73 Å². The third-order valence-corrected chi connectivity index (χ3v) is 5.17. The number of anilines is 1. The fourth-order valence-electron chi connectivity index (χ4n) is 3.65. The molecule has 142 valence electrons. The van der Waals surface area contributed by atoms with Crippen LogP contribution in [-0.4, -0.2) is 19.5 Å². The van der Waals surface area contributed by atoms with Crippen LogP contribution in [0.5, 0.6) is 0 Å². The number of nitrogens with two attached hydrogens (primary N) is 1. The lowest BCUT2D eigenvalue weighted by atomic mass is 10.0. The molecule has 0 fully saturated rings. The maximum absolute atomic E-state index is 6.19. The van der Waals surface area contributed by atoms with Gasteiger partial charge in [0.25, 0.3) is 0 Å². The molecule has 0 atom stereocenters. The van der Waals surface area contributed by atoms with Crippen molar-refractivity contribution >= 4 is 22.6 Å². The molecule has 0 bridgehead atoms. The molecule has 29 heavy (non-hydrogen) atoms. The van der Waals surface area contributed by atoms with Gasteiger partial charge in [0.1, 0.15) is 11.3 Å². The van der Waals surface area contributed by atoms with Gasteiger partial charge in [0.05, 0.1) is 11.3 Å². The molecular formula is C24H21N5. The molecule has 0 radical (unpaired) electrons. The highest BCUT2D eigenvalue weighted by atomic mass is 15.1. The average molecular weight is 379 g/mol. The fraction of sp³-hybridized carbons (Fsp3) is 0.125. The minimum Gasteiger partial charge on any atom is -0.383 e. The highest BCUT2D eigenvalue weighted by Gasteiger charge is 2.18. The molecule has 0 saturated heterocycles. The molecule has 0 spiro atoms. The Hall–Kier alpha value is -3.73. The molecule has 3 aromatic heterocycles. The number of hydrogen-bond donors (Lipinski definition) is 1. The summed E-state index contributed by atoms with van der Waals surface area (Å²) in [5.41, 5.74) is 12.9. The minimum atomic E-state index is 0.453. The molecule has 3 heterocycles. The van der Waals surface area contributed by atoms with E-state index in [-0.39, 0.29) is 0 Å². The van der Waals surface area contributed by atoms with Crippen LogP contribution in [-0.2, 0) is 0 Å². The molecular weight excluding hydrogens is 358 g/mol. The first-order valence-corrected chi connectivity index (χ1v) is 9.75. The van der Waals surface area contributed by atoms with Gasteiger partial charge in [-0.2, -0.15) is 0 Å². The fourth-order valence-corrected chi connectivity index (χ4v) is 3.65. The smallest absolute Gasteiger partial charge is 0.165 e. The third-order valence-electron chi connectivity index (χ3n) is 5.17. The summed E-state index contributed by atoms with van der Waals surface area (Å²) in [6, 6.07) is 16.2. The molecule has 1 aliphatic carbocycles. The van der Waals surface area contributed by atoms with Crippen molar-refractivity contribution in [2.45, 2.75) is 19.8 Å². The minimum absolute atomic E-state index is 0.453. The standard InChI is InChI=1S/C24H21N5/c1-16-9-11-18(12-10-16)29-23(19-8-5-15-26-22(19)25)28-21-14-13-20(27-24(21)29)17-6-3-2-4-7-17/h3,5-15H,2,4H2,1H3,(H2,25,26). The summed E-state index contributed by atoms with van der Waals surface area (Å²) in [7, 11) is 0. The van der Waals surface area contributed by atoms with Crippen LogP contribution in [0.1, 0.15) is 24.1 Å². The van der Waals surface area contributed by atoms with Crippen molar-refractivity contribution in [1.82, 2.24) is 19.5 Å². The molecule has 0 saturated carbocycles. The number of nitrogens with zero attached hydrogens (tertiary/aromatic N) is 4. The highest BCUT2D eigenvalue weighted by Crippen LogP contribution is 2.31. The molecule has 0 aliphatic heterocycles. The number of nitrogen functional groups attached to an aromatic ring is 1. The van der Waals surface area contributed by atoms with Crippen LogP contribution >= 0.6 is 0 Å². The van der Waals surface area contributed by atoms with Gasteiger partial charge in [-0.05, 0) is 61.7 Å². The zero-order valence-electron chi connectivity index (χ0n) is 16.2. The van der Waals surface area contributed by atoms with Crippen molar-refractivity contribution in [3.8, 4) is 17.1 Å². The van der Waals surface area contributed by atoms with Gasteiger partial charge in [-0.3, -0.25) is 4.57 Å². The Labute approximate surface area is 169 Å². The Kier molecular flexibility index (Phi) is 4.21. The number of aryl methyl sites for hydroxylation is 1. The normalized spacial score (nSPS) is 13.6. The summed E-state index contributed by atoms with van der Waals surface area (Å²) in [4.78, 5) is 14.1. The van der Waals surface area contributed by atoms with Gasteiger partial charge < -0.3 is 5.73 Å². The first-order chi connectivity index (χ1) is 14.2. The van der Waals surface area contributed by atoms with Crippen molar-refractivity contribution in [3.63, 3.8) is 0 Å². The molecule has 5 rings (SSSR count). The topological polar surface area (TPSA) is 69.6 Å². The van der Waals surface area contributed by atoms with Crippen LogP contribution in [0, 0.1) is 6.92 Å². The van der Waals surface area contributed by atoms with Gasteiger partial charge in [0.2, 0.25) is 0 Å². The summed E-state index contributed by atoms with van der Waals surface area (Å²) in [5, 5.41) is 0. The molecule has 1 aromatic carbocycles. The van der Waals surface area contributed by atoms with Gasteiger partial charge in [0, 0.05) is 11.9 Å². The van der Waals surface area contributed by atoms with Crippen LogP contribution in [0.3, 0.4) is 0 Å². The second kappa shape index (κ2) is 7.02. The van der Waals surface area contributed by atoms with Crippen LogP contribution in [0.4, 0.5) is 5.82 Å². The first-order valence-electron chi connectivity index (χ1n) is 9.75. The summed E-state index contributed by atoms with van der Waals surface area (Å²) >= 11 is 0. The zero-order valence-corrected chi connectivity index (χ0v) is 16.2. The van der Waals surface area contributed by atoms with E-state index in [4.69, 9.17) is 15.7 Å². The Bertz CT molecular complexity index is 1260. The monoisotopic (exact) mass is 379 g/mol.